The Morgan fingerprint density at radius 1 is 1.38 bits per heavy atom. The zero-order valence-corrected chi connectivity index (χ0v) is 13.1. The van der Waals surface area contributed by atoms with Crippen molar-refractivity contribution in [2.24, 2.45) is 0 Å². The fourth-order valence-corrected chi connectivity index (χ4v) is 3.52. The second kappa shape index (κ2) is 5.03. The molecule has 112 valence electrons. The zero-order valence-electron chi connectivity index (χ0n) is 11.5. The van der Waals surface area contributed by atoms with Gasteiger partial charge in [-0.15, -0.1) is 0 Å². The highest BCUT2D eigenvalue weighted by molar-refractivity contribution is 8.14. The zero-order chi connectivity index (χ0) is 15.2. The number of benzene rings is 1. The van der Waals surface area contributed by atoms with E-state index in [2.05, 4.69) is 0 Å². The number of fused-ring (bicyclic) bond motifs is 1. The summed E-state index contributed by atoms with van der Waals surface area (Å²) < 4.78 is 25.0. The van der Waals surface area contributed by atoms with Crippen molar-refractivity contribution in [1.82, 2.24) is 9.47 Å². The lowest BCUT2D eigenvalue weighted by atomic mass is 10.2. The highest BCUT2D eigenvalue weighted by Crippen LogP contribution is 2.29. The number of hydrogen-bond donors (Lipinski definition) is 0. The van der Waals surface area contributed by atoms with Gasteiger partial charge in [0.15, 0.2) is 0 Å². The molecule has 1 aliphatic carbocycles. The Balaban J connectivity index is 2.00. The number of halogens is 1. The SMILES string of the molecule is CN(C(=O)Cn1cc(S(=O)(=O)Cl)c2ccccc21)C1CC1. The monoisotopic (exact) mass is 326 g/mol. The minimum atomic E-state index is -3.84. The van der Waals surface area contributed by atoms with Crippen LogP contribution >= 0.6 is 10.7 Å². The van der Waals surface area contributed by atoms with Crippen LogP contribution in [0.4, 0.5) is 0 Å². The van der Waals surface area contributed by atoms with Gasteiger partial charge in [-0.3, -0.25) is 4.79 Å². The number of nitrogens with zero attached hydrogens (tertiary/aromatic N) is 2. The maximum Gasteiger partial charge on any atom is 0.263 e. The molecule has 0 saturated heterocycles. The van der Waals surface area contributed by atoms with E-state index in [0.717, 1.165) is 12.8 Å². The Bertz CT molecular complexity index is 809. The van der Waals surface area contributed by atoms with E-state index in [1.165, 1.54) is 6.20 Å². The first kappa shape index (κ1) is 14.4. The van der Waals surface area contributed by atoms with E-state index >= 15 is 0 Å². The van der Waals surface area contributed by atoms with Gasteiger partial charge in [0.05, 0.1) is 0 Å². The Kier molecular flexibility index (Phi) is 3.45. The van der Waals surface area contributed by atoms with Crippen molar-refractivity contribution in [2.75, 3.05) is 7.05 Å². The average Bonchev–Trinajstić information content (AvgIpc) is 3.20. The van der Waals surface area contributed by atoms with Crippen molar-refractivity contribution in [3.8, 4) is 0 Å². The topological polar surface area (TPSA) is 59.4 Å². The van der Waals surface area contributed by atoms with Crippen LogP contribution in [-0.4, -0.2) is 36.9 Å². The number of aromatic nitrogens is 1. The van der Waals surface area contributed by atoms with E-state index < -0.39 is 9.05 Å². The van der Waals surface area contributed by atoms with Crippen LogP contribution < -0.4 is 0 Å². The van der Waals surface area contributed by atoms with Gasteiger partial charge < -0.3 is 9.47 Å². The summed E-state index contributed by atoms with van der Waals surface area (Å²) >= 11 is 0. The first-order chi connectivity index (χ1) is 9.88. The minimum Gasteiger partial charge on any atom is -0.341 e. The molecule has 1 aliphatic rings. The van der Waals surface area contributed by atoms with Gasteiger partial charge in [-0.1, -0.05) is 18.2 Å². The van der Waals surface area contributed by atoms with Crippen LogP contribution in [0.1, 0.15) is 12.8 Å². The molecule has 0 atom stereocenters. The first-order valence-electron chi connectivity index (χ1n) is 6.66. The van der Waals surface area contributed by atoms with Gasteiger partial charge in [0, 0.05) is 40.9 Å². The predicted molar refractivity (Wildman–Crippen MR) is 80.8 cm³/mol. The summed E-state index contributed by atoms with van der Waals surface area (Å²) in [6, 6.07) is 7.35. The van der Waals surface area contributed by atoms with Gasteiger partial charge in [-0.05, 0) is 18.9 Å². The molecule has 2 aromatic rings. The highest BCUT2D eigenvalue weighted by Gasteiger charge is 2.30. The van der Waals surface area contributed by atoms with E-state index in [9.17, 15) is 13.2 Å². The van der Waals surface area contributed by atoms with Gasteiger partial charge in [-0.2, -0.15) is 0 Å². The number of carbonyl (C=O) groups excluding carboxylic acids is 1. The van der Waals surface area contributed by atoms with Crippen molar-refractivity contribution in [1.29, 1.82) is 0 Å². The van der Waals surface area contributed by atoms with E-state index in [0.29, 0.717) is 16.9 Å². The fraction of sp³-hybridized carbons (Fsp3) is 0.357. The standard InChI is InChI=1S/C14H15ClN2O3S/c1-16(10-6-7-10)14(18)9-17-8-13(21(15,19)20)11-4-2-3-5-12(11)17/h2-5,8,10H,6-7,9H2,1H3. The van der Waals surface area contributed by atoms with Gasteiger partial charge in [-0.25, -0.2) is 8.42 Å². The van der Waals surface area contributed by atoms with Crippen LogP contribution in [0.2, 0.25) is 0 Å². The Hall–Kier alpha value is -1.53. The Morgan fingerprint density at radius 3 is 2.67 bits per heavy atom. The summed E-state index contributed by atoms with van der Waals surface area (Å²) in [4.78, 5) is 14.0. The molecular formula is C14H15ClN2O3S. The molecule has 1 aromatic carbocycles. The molecule has 7 heteroatoms. The molecule has 0 spiro atoms. The molecular weight excluding hydrogens is 312 g/mol. The van der Waals surface area contributed by atoms with Crippen LogP contribution in [0.3, 0.4) is 0 Å². The van der Waals surface area contributed by atoms with Crippen molar-refractivity contribution in [3.05, 3.63) is 30.5 Å². The maximum atomic E-state index is 12.2. The maximum absolute atomic E-state index is 12.2. The van der Waals surface area contributed by atoms with E-state index in [1.54, 1.807) is 40.8 Å². The van der Waals surface area contributed by atoms with Crippen LogP contribution in [0.5, 0.6) is 0 Å². The molecule has 1 amide bonds. The molecule has 21 heavy (non-hydrogen) atoms. The lowest BCUT2D eigenvalue weighted by Gasteiger charge is -2.16. The molecule has 1 fully saturated rings. The number of rotatable bonds is 4. The summed E-state index contributed by atoms with van der Waals surface area (Å²) in [5, 5.41) is 0.536. The number of hydrogen-bond acceptors (Lipinski definition) is 3. The largest absolute Gasteiger partial charge is 0.341 e. The first-order valence-corrected chi connectivity index (χ1v) is 8.97. The molecule has 1 saturated carbocycles. The molecule has 0 N–H and O–H groups in total. The van der Waals surface area contributed by atoms with Gasteiger partial charge in [0.1, 0.15) is 11.4 Å². The molecule has 0 aliphatic heterocycles. The number of carbonyl (C=O) groups is 1. The predicted octanol–water partition coefficient (Wildman–Crippen LogP) is 2.19. The van der Waals surface area contributed by atoms with Crippen LogP contribution in [0.25, 0.3) is 10.9 Å². The third kappa shape index (κ3) is 2.78. The number of para-hydroxylation sites is 1. The molecule has 3 rings (SSSR count). The van der Waals surface area contributed by atoms with Crippen molar-refractivity contribution < 1.29 is 13.2 Å². The molecule has 0 bridgehead atoms. The summed E-state index contributed by atoms with van der Waals surface area (Å²) in [6.45, 7) is 0.111. The van der Waals surface area contributed by atoms with Crippen molar-refractivity contribution >= 4 is 36.5 Å². The summed E-state index contributed by atoms with van der Waals surface area (Å²) in [6.07, 6.45) is 3.51. The van der Waals surface area contributed by atoms with Crippen molar-refractivity contribution in [2.45, 2.75) is 30.3 Å². The lowest BCUT2D eigenvalue weighted by Crippen LogP contribution is -2.31. The molecule has 1 heterocycles. The quantitative estimate of drug-likeness (QED) is 0.809. The average molecular weight is 327 g/mol. The lowest BCUT2D eigenvalue weighted by molar-refractivity contribution is -0.130. The van der Waals surface area contributed by atoms with Gasteiger partial charge in [0.2, 0.25) is 5.91 Å². The van der Waals surface area contributed by atoms with Crippen LogP contribution in [0.15, 0.2) is 35.4 Å². The number of amides is 1. The third-order valence-corrected chi connectivity index (χ3v) is 5.16. The normalized spacial score (nSPS) is 15.3. The minimum absolute atomic E-state index is 0.0308. The van der Waals surface area contributed by atoms with Gasteiger partial charge >= 0.3 is 0 Å². The second-order valence-electron chi connectivity index (χ2n) is 5.31. The highest BCUT2D eigenvalue weighted by atomic mass is 35.7. The summed E-state index contributed by atoms with van der Waals surface area (Å²) in [5.74, 6) is -0.0308. The Morgan fingerprint density at radius 2 is 2.05 bits per heavy atom. The van der Waals surface area contributed by atoms with Gasteiger partial charge in [0.25, 0.3) is 9.05 Å². The van der Waals surface area contributed by atoms with E-state index in [-0.39, 0.29) is 17.3 Å². The molecule has 1 aromatic heterocycles. The summed E-state index contributed by atoms with van der Waals surface area (Å²) in [7, 11) is 3.41. The van der Waals surface area contributed by atoms with Crippen LogP contribution in [0, 0.1) is 0 Å². The number of likely N-dealkylation sites (N-methyl/N-ethyl adjacent to an activating group) is 1. The molecule has 0 radical (unpaired) electrons. The van der Waals surface area contributed by atoms with Crippen molar-refractivity contribution in [3.63, 3.8) is 0 Å². The van der Waals surface area contributed by atoms with Crippen LogP contribution in [-0.2, 0) is 20.4 Å². The Labute approximate surface area is 127 Å². The molecule has 5 nitrogen and oxygen atoms in total. The van der Waals surface area contributed by atoms with E-state index in [1.807, 2.05) is 0 Å². The third-order valence-electron chi connectivity index (χ3n) is 3.81. The fourth-order valence-electron chi connectivity index (χ4n) is 2.46. The molecule has 0 unspecified atom stereocenters. The second-order valence-corrected chi connectivity index (χ2v) is 7.85. The smallest absolute Gasteiger partial charge is 0.263 e. The summed E-state index contributed by atoms with van der Waals surface area (Å²) in [5.41, 5.74) is 0.689. The van der Waals surface area contributed by atoms with E-state index in [4.69, 9.17) is 10.7 Å².